The summed E-state index contributed by atoms with van der Waals surface area (Å²) in [5, 5.41) is 3.50. The highest BCUT2D eigenvalue weighted by molar-refractivity contribution is 9.10. The molecule has 1 aliphatic carbocycles. The smallest absolute Gasteiger partial charge is 0.334 e. The molecule has 1 atom stereocenters. The van der Waals surface area contributed by atoms with Crippen molar-refractivity contribution < 1.29 is 13.9 Å². The number of carbonyl (C=O) groups excluding carboxylic acids is 1. The van der Waals surface area contributed by atoms with Gasteiger partial charge in [0.05, 0.1) is 6.61 Å². The van der Waals surface area contributed by atoms with Crippen molar-refractivity contribution in [3.05, 3.63) is 22.6 Å². The maximum absolute atomic E-state index is 12.5. The first-order valence-electron chi connectivity index (χ1n) is 7.77. The number of rotatable bonds is 5. The molecule has 1 heterocycles. The van der Waals surface area contributed by atoms with Crippen molar-refractivity contribution in [2.45, 2.75) is 64.0 Å². The zero-order valence-corrected chi connectivity index (χ0v) is 14.4. The van der Waals surface area contributed by atoms with Crippen molar-refractivity contribution in [3.63, 3.8) is 0 Å². The first kappa shape index (κ1) is 16.6. The number of ether oxygens (including phenoxy) is 1. The van der Waals surface area contributed by atoms with Crippen LogP contribution in [0.15, 0.2) is 21.2 Å². The van der Waals surface area contributed by atoms with E-state index in [4.69, 9.17) is 9.15 Å². The molecule has 1 unspecified atom stereocenters. The van der Waals surface area contributed by atoms with Crippen LogP contribution in [0.1, 0.15) is 58.1 Å². The maximum Gasteiger partial charge on any atom is 0.334 e. The molecule has 0 bridgehead atoms. The Hall–Kier alpha value is -0.810. The fraction of sp³-hybridized carbons (Fsp3) is 0.688. The molecule has 1 fully saturated rings. The van der Waals surface area contributed by atoms with Crippen LogP contribution in [-0.4, -0.2) is 18.6 Å². The number of hydrogen-bond donors (Lipinski definition) is 1. The second-order valence-electron chi connectivity index (χ2n) is 5.78. The molecule has 118 valence electrons. The molecule has 1 saturated carbocycles. The highest BCUT2D eigenvalue weighted by atomic mass is 79.9. The van der Waals surface area contributed by atoms with Crippen LogP contribution >= 0.6 is 15.9 Å². The molecular formula is C16H24BrNO3. The van der Waals surface area contributed by atoms with Gasteiger partial charge in [-0.25, -0.2) is 4.79 Å². The number of halogens is 1. The van der Waals surface area contributed by atoms with Crippen LogP contribution in [0.4, 0.5) is 0 Å². The Morgan fingerprint density at radius 3 is 2.57 bits per heavy atom. The first-order valence-corrected chi connectivity index (χ1v) is 8.56. The largest absolute Gasteiger partial charge is 0.464 e. The molecule has 0 saturated heterocycles. The quantitative estimate of drug-likeness (QED) is 0.635. The molecule has 0 spiro atoms. The van der Waals surface area contributed by atoms with Crippen molar-refractivity contribution >= 4 is 21.9 Å². The summed E-state index contributed by atoms with van der Waals surface area (Å²) in [6.45, 7) is 4.03. The summed E-state index contributed by atoms with van der Waals surface area (Å²) in [7, 11) is 0. The minimum atomic E-state index is -0.933. The summed E-state index contributed by atoms with van der Waals surface area (Å²) in [6, 6.07) is 3.96. The fourth-order valence-corrected chi connectivity index (χ4v) is 3.23. The summed E-state index contributed by atoms with van der Waals surface area (Å²) in [5.41, 5.74) is -0.933. The lowest BCUT2D eigenvalue weighted by atomic mass is 9.95. The van der Waals surface area contributed by atoms with E-state index in [0.717, 1.165) is 12.8 Å². The van der Waals surface area contributed by atoms with E-state index in [9.17, 15) is 4.79 Å². The van der Waals surface area contributed by atoms with Gasteiger partial charge < -0.3 is 9.15 Å². The summed E-state index contributed by atoms with van der Waals surface area (Å²) < 4.78 is 11.5. The standard InChI is InChI=1S/C16H24BrNO3/c1-3-20-15(19)16(2,13-10-11-14(17)21-13)18-12-8-6-4-5-7-9-12/h10-12,18H,3-9H2,1-2H3. The number of furan rings is 1. The van der Waals surface area contributed by atoms with E-state index in [0.29, 0.717) is 23.1 Å². The minimum Gasteiger partial charge on any atom is -0.464 e. The van der Waals surface area contributed by atoms with Crippen LogP contribution in [-0.2, 0) is 15.1 Å². The van der Waals surface area contributed by atoms with Gasteiger partial charge in [-0.2, -0.15) is 0 Å². The van der Waals surface area contributed by atoms with Crippen molar-refractivity contribution in [2.24, 2.45) is 0 Å². The molecule has 1 aliphatic rings. The average molecular weight is 358 g/mol. The van der Waals surface area contributed by atoms with Gasteiger partial charge in [-0.1, -0.05) is 25.7 Å². The summed E-state index contributed by atoms with van der Waals surface area (Å²) >= 11 is 3.30. The highest BCUT2D eigenvalue weighted by Crippen LogP contribution is 2.29. The maximum atomic E-state index is 12.5. The normalized spacial score (nSPS) is 19.8. The molecule has 1 N–H and O–H groups in total. The number of esters is 1. The Morgan fingerprint density at radius 1 is 1.38 bits per heavy atom. The van der Waals surface area contributed by atoms with E-state index >= 15 is 0 Å². The number of nitrogens with one attached hydrogen (secondary N) is 1. The van der Waals surface area contributed by atoms with Gasteiger partial charge in [0.25, 0.3) is 0 Å². The lowest BCUT2D eigenvalue weighted by molar-refractivity contribution is -0.152. The molecule has 0 radical (unpaired) electrons. The minimum absolute atomic E-state index is 0.281. The van der Waals surface area contributed by atoms with Gasteiger partial charge in [-0.3, -0.25) is 5.32 Å². The molecule has 1 aromatic heterocycles. The average Bonchev–Trinajstić information content (AvgIpc) is 2.73. The van der Waals surface area contributed by atoms with Crippen molar-refractivity contribution in [1.29, 1.82) is 0 Å². The van der Waals surface area contributed by atoms with Crippen LogP contribution in [0.3, 0.4) is 0 Å². The first-order chi connectivity index (χ1) is 10.1. The van der Waals surface area contributed by atoms with Gasteiger partial charge in [-0.15, -0.1) is 0 Å². The zero-order valence-electron chi connectivity index (χ0n) is 12.8. The molecule has 0 aromatic carbocycles. The predicted molar refractivity (Wildman–Crippen MR) is 85.0 cm³/mol. The Kier molecular flexibility index (Phi) is 5.88. The van der Waals surface area contributed by atoms with E-state index in [2.05, 4.69) is 21.2 Å². The van der Waals surface area contributed by atoms with Crippen LogP contribution < -0.4 is 5.32 Å². The monoisotopic (exact) mass is 357 g/mol. The lowest BCUT2D eigenvalue weighted by Crippen LogP contribution is -2.51. The van der Waals surface area contributed by atoms with E-state index in [-0.39, 0.29) is 5.97 Å². The fourth-order valence-electron chi connectivity index (χ4n) is 2.92. The summed E-state index contributed by atoms with van der Waals surface area (Å²) in [6.07, 6.45) is 7.16. The van der Waals surface area contributed by atoms with Crippen molar-refractivity contribution in [1.82, 2.24) is 5.32 Å². The van der Waals surface area contributed by atoms with Crippen LogP contribution in [0.25, 0.3) is 0 Å². The third-order valence-corrected chi connectivity index (χ3v) is 4.52. The van der Waals surface area contributed by atoms with Gasteiger partial charge in [0, 0.05) is 6.04 Å². The molecule has 21 heavy (non-hydrogen) atoms. The lowest BCUT2D eigenvalue weighted by Gasteiger charge is -2.31. The SMILES string of the molecule is CCOC(=O)C(C)(NC1CCCCCC1)c1ccc(Br)o1. The van der Waals surface area contributed by atoms with Crippen LogP contribution in [0.2, 0.25) is 0 Å². The van der Waals surface area contributed by atoms with Gasteiger partial charge in [0.2, 0.25) is 0 Å². The number of hydrogen-bond acceptors (Lipinski definition) is 4. The van der Waals surface area contributed by atoms with Crippen LogP contribution in [0.5, 0.6) is 0 Å². The van der Waals surface area contributed by atoms with Crippen molar-refractivity contribution in [3.8, 4) is 0 Å². The molecule has 4 nitrogen and oxygen atoms in total. The van der Waals surface area contributed by atoms with Gasteiger partial charge in [0.15, 0.2) is 10.2 Å². The number of carbonyl (C=O) groups is 1. The third-order valence-electron chi connectivity index (χ3n) is 4.10. The molecule has 0 amide bonds. The van der Waals surface area contributed by atoms with E-state index < -0.39 is 5.54 Å². The zero-order chi connectivity index (χ0) is 15.3. The Bertz CT molecular complexity index is 466. The third kappa shape index (κ3) is 4.10. The summed E-state index contributed by atoms with van der Waals surface area (Å²) in [4.78, 5) is 12.5. The molecule has 2 rings (SSSR count). The molecule has 1 aromatic rings. The molecule has 0 aliphatic heterocycles. The Morgan fingerprint density at radius 2 is 2.05 bits per heavy atom. The van der Waals surface area contributed by atoms with Gasteiger partial charge in [-0.05, 0) is 54.8 Å². The Balaban J connectivity index is 2.20. The van der Waals surface area contributed by atoms with Gasteiger partial charge in [0.1, 0.15) is 5.76 Å². The van der Waals surface area contributed by atoms with Gasteiger partial charge >= 0.3 is 5.97 Å². The van der Waals surface area contributed by atoms with E-state index in [1.807, 2.05) is 26.0 Å². The second-order valence-corrected chi connectivity index (χ2v) is 6.56. The van der Waals surface area contributed by atoms with E-state index in [1.54, 1.807) is 0 Å². The topological polar surface area (TPSA) is 51.5 Å². The van der Waals surface area contributed by atoms with E-state index in [1.165, 1.54) is 25.7 Å². The second kappa shape index (κ2) is 7.45. The predicted octanol–water partition coefficient (Wildman–Crippen LogP) is 4.13. The summed E-state index contributed by atoms with van der Waals surface area (Å²) in [5.74, 6) is 0.313. The Labute approximate surface area is 134 Å². The highest BCUT2D eigenvalue weighted by Gasteiger charge is 2.41. The molecular weight excluding hydrogens is 334 g/mol. The van der Waals surface area contributed by atoms with Crippen molar-refractivity contribution in [2.75, 3.05) is 6.61 Å². The van der Waals surface area contributed by atoms with Crippen LogP contribution in [0, 0.1) is 0 Å². The molecule has 5 heteroatoms.